The summed E-state index contributed by atoms with van der Waals surface area (Å²) in [6.45, 7) is 1.01. The van der Waals surface area contributed by atoms with Crippen LogP contribution in [0.4, 0.5) is 0 Å². The fraction of sp³-hybridized carbons (Fsp3) is 1.00. The molecular weight excluding hydrogens is 126 g/mol. The predicted molar refractivity (Wildman–Crippen MR) is 39.8 cm³/mol. The van der Waals surface area contributed by atoms with Crippen molar-refractivity contribution in [2.75, 3.05) is 6.54 Å². The summed E-state index contributed by atoms with van der Waals surface area (Å²) >= 11 is 0. The van der Waals surface area contributed by atoms with E-state index < -0.39 is 0 Å². The van der Waals surface area contributed by atoms with Crippen LogP contribution in [0.25, 0.3) is 0 Å². The highest BCUT2D eigenvalue weighted by Crippen LogP contribution is 2.34. The monoisotopic (exact) mass is 141 g/mol. The van der Waals surface area contributed by atoms with Crippen molar-refractivity contribution in [1.29, 1.82) is 0 Å². The van der Waals surface area contributed by atoms with Crippen LogP contribution < -0.4 is 5.32 Å². The normalized spacial score (nSPS) is 40.5. The maximum Gasteiger partial charge on any atom is 0.0705 e. The lowest BCUT2D eigenvalue weighted by Crippen LogP contribution is -2.30. The van der Waals surface area contributed by atoms with Gasteiger partial charge in [0.25, 0.3) is 0 Å². The molecule has 10 heavy (non-hydrogen) atoms. The molecule has 0 aromatic rings. The van der Waals surface area contributed by atoms with Crippen LogP contribution in [0.1, 0.15) is 25.7 Å². The highest BCUT2D eigenvalue weighted by molar-refractivity contribution is 4.88. The van der Waals surface area contributed by atoms with Gasteiger partial charge in [-0.05, 0) is 25.3 Å². The number of aliphatic hydroxyl groups excluding tert-OH is 1. The van der Waals surface area contributed by atoms with Gasteiger partial charge < -0.3 is 10.4 Å². The van der Waals surface area contributed by atoms with Crippen molar-refractivity contribution in [3.63, 3.8) is 0 Å². The van der Waals surface area contributed by atoms with E-state index in [0.29, 0.717) is 6.04 Å². The zero-order chi connectivity index (χ0) is 6.97. The molecule has 58 valence electrons. The molecule has 2 atom stereocenters. The van der Waals surface area contributed by atoms with Crippen molar-refractivity contribution < 1.29 is 5.11 Å². The third-order valence-electron chi connectivity index (χ3n) is 2.60. The molecule has 2 fully saturated rings. The topological polar surface area (TPSA) is 32.3 Å². The largest absolute Gasteiger partial charge is 0.391 e. The molecule has 2 N–H and O–H groups in total. The number of hydrogen-bond acceptors (Lipinski definition) is 2. The van der Waals surface area contributed by atoms with Gasteiger partial charge in [0.2, 0.25) is 0 Å². The van der Waals surface area contributed by atoms with Crippen molar-refractivity contribution in [3.05, 3.63) is 0 Å². The Bertz CT molecular complexity index is 122. The van der Waals surface area contributed by atoms with Crippen LogP contribution in [0.3, 0.4) is 0 Å². The molecule has 2 heteroatoms. The average molecular weight is 141 g/mol. The first-order valence-corrected chi connectivity index (χ1v) is 4.28. The van der Waals surface area contributed by atoms with Crippen molar-refractivity contribution in [2.24, 2.45) is 5.92 Å². The molecule has 1 aliphatic carbocycles. The van der Waals surface area contributed by atoms with Crippen LogP contribution in [0.15, 0.2) is 0 Å². The van der Waals surface area contributed by atoms with E-state index >= 15 is 0 Å². The van der Waals surface area contributed by atoms with Crippen molar-refractivity contribution in [2.45, 2.75) is 37.8 Å². The van der Waals surface area contributed by atoms with Crippen LogP contribution >= 0.6 is 0 Å². The Balaban J connectivity index is 1.79. The van der Waals surface area contributed by atoms with E-state index in [1.165, 1.54) is 19.3 Å². The molecule has 0 bridgehead atoms. The SMILES string of the molecule is OC1CCNC1CC1CC1. The average Bonchev–Trinajstić information content (AvgIpc) is 2.62. The zero-order valence-corrected chi connectivity index (χ0v) is 6.21. The lowest BCUT2D eigenvalue weighted by atomic mass is 10.1. The number of aliphatic hydroxyl groups is 1. The lowest BCUT2D eigenvalue weighted by Gasteiger charge is -2.13. The zero-order valence-electron chi connectivity index (χ0n) is 6.21. The molecule has 0 spiro atoms. The summed E-state index contributed by atoms with van der Waals surface area (Å²) in [6, 6.07) is 0.424. The van der Waals surface area contributed by atoms with E-state index in [0.717, 1.165) is 18.9 Å². The van der Waals surface area contributed by atoms with Crippen LogP contribution in [0.2, 0.25) is 0 Å². The van der Waals surface area contributed by atoms with Crippen LogP contribution in [0.5, 0.6) is 0 Å². The Kier molecular flexibility index (Phi) is 1.66. The second-order valence-corrected chi connectivity index (χ2v) is 3.60. The van der Waals surface area contributed by atoms with Crippen LogP contribution in [-0.4, -0.2) is 23.8 Å². The summed E-state index contributed by atoms with van der Waals surface area (Å²) in [5, 5.41) is 12.7. The molecule has 1 aliphatic heterocycles. The molecule has 0 amide bonds. The highest BCUT2D eigenvalue weighted by Gasteiger charge is 2.31. The first-order chi connectivity index (χ1) is 4.86. The molecule has 0 aromatic carbocycles. The van der Waals surface area contributed by atoms with Crippen LogP contribution in [0, 0.1) is 5.92 Å². The maximum atomic E-state index is 9.40. The lowest BCUT2D eigenvalue weighted by molar-refractivity contribution is 0.152. The second kappa shape index (κ2) is 2.51. The number of nitrogens with one attached hydrogen (secondary N) is 1. The van der Waals surface area contributed by atoms with E-state index in [9.17, 15) is 5.11 Å². The minimum absolute atomic E-state index is 0.0550. The second-order valence-electron chi connectivity index (χ2n) is 3.60. The van der Waals surface area contributed by atoms with Crippen molar-refractivity contribution >= 4 is 0 Å². The Hall–Kier alpha value is -0.0800. The molecular formula is C8H15NO. The Morgan fingerprint density at radius 2 is 2.10 bits per heavy atom. The Morgan fingerprint density at radius 3 is 2.60 bits per heavy atom. The van der Waals surface area contributed by atoms with Crippen molar-refractivity contribution in [3.8, 4) is 0 Å². The summed E-state index contributed by atoms with van der Waals surface area (Å²) in [5.74, 6) is 0.935. The Labute approximate surface area is 61.6 Å². The molecule has 1 saturated carbocycles. The van der Waals surface area contributed by atoms with Gasteiger partial charge >= 0.3 is 0 Å². The third kappa shape index (κ3) is 1.32. The van der Waals surface area contributed by atoms with Gasteiger partial charge in [-0.2, -0.15) is 0 Å². The van der Waals surface area contributed by atoms with E-state index in [1.807, 2.05) is 0 Å². The number of rotatable bonds is 2. The molecule has 1 saturated heterocycles. The summed E-state index contributed by atoms with van der Waals surface area (Å²) < 4.78 is 0. The third-order valence-corrected chi connectivity index (χ3v) is 2.60. The van der Waals surface area contributed by atoms with Gasteiger partial charge in [-0.25, -0.2) is 0 Å². The van der Waals surface area contributed by atoms with Gasteiger partial charge in [0.15, 0.2) is 0 Å². The molecule has 2 nitrogen and oxygen atoms in total. The van der Waals surface area contributed by atoms with Gasteiger partial charge in [-0.3, -0.25) is 0 Å². The standard InChI is InChI=1S/C8H15NO/c10-8-3-4-9-7(8)5-6-1-2-6/h6-10H,1-5H2. The van der Waals surface area contributed by atoms with E-state index in [-0.39, 0.29) is 6.10 Å². The van der Waals surface area contributed by atoms with Gasteiger partial charge in [-0.15, -0.1) is 0 Å². The summed E-state index contributed by atoms with van der Waals surface area (Å²) in [6.07, 6.45) is 4.90. The summed E-state index contributed by atoms with van der Waals surface area (Å²) in [5.41, 5.74) is 0. The molecule has 0 aromatic heterocycles. The maximum absolute atomic E-state index is 9.40. The smallest absolute Gasteiger partial charge is 0.0705 e. The van der Waals surface area contributed by atoms with Crippen LogP contribution in [-0.2, 0) is 0 Å². The fourth-order valence-corrected chi connectivity index (χ4v) is 1.71. The summed E-state index contributed by atoms with van der Waals surface area (Å²) in [7, 11) is 0. The minimum Gasteiger partial charge on any atom is -0.391 e. The van der Waals surface area contributed by atoms with Gasteiger partial charge in [0.05, 0.1) is 6.10 Å². The Morgan fingerprint density at radius 1 is 1.30 bits per heavy atom. The van der Waals surface area contributed by atoms with E-state index in [2.05, 4.69) is 5.32 Å². The van der Waals surface area contributed by atoms with Gasteiger partial charge in [-0.1, -0.05) is 12.8 Å². The van der Waals surface area contributed by atoms with Gasteiger partial charge in [0.1, 0.15) is 0 Å². The highest BCUT2D eigenvalue weighted by atomic mass is 16.3. The minimum atomic E-state index is -0.0550. The molecule has 2 aliphatic rings. The fourth-order valence-electron chi connectivity index (χ4n) is 1.71. The quantitative estimate of drug-likeness (QED) is 0.587. The molecule has 1 heterocycles. The molecule has 2 unspecified atom stereocenters. The first-order valence-electron chi connectivity index (χ1n) is 4.28. The van der Waals surface area contributed by atoms with Crippen molar-refractivity contribution in [1.82, 2.24) is 5.32 Å². The molecule has 2 rings (SSSR count). The number of hydrogen-bond donors (Lipinski definition) is 2. The van der Waals surface area contributed by atoms with Gasteiger partial charge in [0, 0.05) is 6.04 Å². The molecule has 0 radical (unpaired) electrons. The van der Waals surface area contributed by atoms with E-state index in [1.54, 1.807) is 0 Å². The van der Waals surface area contributed by atoms with E-state index in [4.69, 9.17) is 0 Å². The predicted octanol–water partition coefficient (Wildman–Crippen LogP) is 0.509. The first kappa shape index (κ1) is 6.62. The summed E-state index contributed by atoms with van der Waals surface area (Å²) in [4.78, 5) is 0.